The van der Waals surface area contributed by atoms with Crippen LogP contribution in [0.2, 0.25) is 0 Å². The third-order valence-corrected chi connectivity index (χ3v) is 1.71. The van der Waals surface area contributed by atoms with Gasteiger partial charge in [0.1, 0.15) is 0 Å². The molecule has 3 radical (unpaired) electrons. The fraction of sp³-hybridized carbons (Fsp3) is 0.556. The first-order chi connectivity index (χ1) is 5.22. The minimum absolute atomic E-state index is 1.15. The van der Waals surface area contributed by atoms with Crippen LogP contribution < -0.4 is 0 Å². The Kier molecular flexibility index (Phi) is 6.10. The Morgan fingerprint density at radius 3 is 2.45 bits per heavy atom. The summed E-state index contributed by atoms with van der Waals surface area (Å²) in [5.41, 5.74) is 2.58. The summed E-state index contributed by atoms with van der Waals surface area (Å²) in [6.07, 6.45) is 4.61. The predicted molar refractivity (Wildman–Crippen MR) is 53.9 cm³/mol. The highest BCUT2D eigenvalue weighted by Crippen LogP contribution is 2.08. The third kappa shape index (κ3) is 4.94. The van der Waals surface area contributed by atoms with Gasteiger partial charge in [-0.3, -0.25) is 0 Å². The summed E-state index contributed by atoms with van der Waals surface area (Å²) in [6, 6.07) is 0. The largest absolute Gasteiger partial charge is 0.130 e. The molecule has 0 amide bonds. The molecule has 0 unspecified atom stereocenters. The molecule has 0 spiro atoms. The molecule has 2 heteroatoms. The summed E-state index contributed by atoms with van der Waals surface area (Å²) in [5, 5.41) is 0. The molecule has 0 aromatic rings. The zero-order valence-corrected chi connectivity index (χ0v) is 7.72. The first kappa shape index (κ1) is 10.6. The summed E-state index contributed by atoms with van der Waals surface area (Å²) < 4.78 is 0. The first-order valence-corrected chi connectivity index (χ1v) is 4.11. The number of allylic oxidation sites excluding steroid dienone is 3. The Labute approximate surface area is 72.4 Å². The van der Waals surface area contributed by atoms with E-state index in [1.54, 1.807) is 7.17 Å². The van der Waals surface area contributed by atoms with Crippen molar-refractivity contribution in [2.45, 2.75) is 33.6 Å². The van der Waals surface area contributed by atoms with Gasteiger partial charge in [-0.05, 0) is 20.3 Å². The molecule has 0 atom stereocenters. The van der Waals surface area contributed by atoms with E-state index < -0.39 is 0 Å². The summed E-state index contributed by atoms with van der Waals surface area (Å²) in [5.74, 6) is 1.93. The lowest BCUT2D eigenvalue weighted by Crippen LogP contribution is -1.86. The Balaban J connectivity index is 4.00. The van der Waals surface area contributed by atoms with E-state index in [4.69, 9.17) is 7.74 Å². The van der Waals surface area contributed by atoms with Crippen molar-refractivity contribution in [3.05, 3.63) is 23.2 Å². The van der Waals surface area contributed by atoms with Crippen molar-refractivity contribution in [2.75, 3.05) is 0 Å². The van der Waals surface area contributed by atoms with Crippen LogP contribution in [-0.4, -0.2) is 14.9 Å². The molecule has 0 fully saturated rings. The molecular weight excluding hydrogens is 130 g/mol. The van der Waals surface area contributed by atoms with Crippen molar-refractivity contribution in [3.8, 4) is 0 Å². The molecule has 0 aliphatic heterocycles. The van der Waals surface area contributed by atoms with Crippen LogP contribution in [-0.2, 0) is 0 Å². The fourth-order valence-corrected chi connectivity index (χ4v) is 0.798. The van der Waals surface area contributed by atoms with Crippen LogP contribution in [0.4, 0.5) is 0 Å². The maximum Gasteiger partial charge on any atom is 0.0859 e. The van der Waals surface area contributed by atoms with Crippen molar-refractivity contribution < 1.29 is 0 Å². The minimum atomic E-state index is 1.15. The maximum absolute atomic E-state index is 5.27. The summed E-state index contributed by atoms with van der Waals surface area (Å²) in [6.45, 7) is 6.37. The van der Waals surface area contributed by atoms with Gasteiger partial charge in [0.05, 0.1) is 7.17 Å². The second-order valence-corrected chi connectivity index (χ2v) is 2.72. The van der Waals surface area contributed by atoms with Gasteiger partial charge in [-0.15, -0.1) is 5.98 Å². The van der Waals surface area contributed by atoms with Crippen LogP contribution in [0.15, 0.2) is 23.2 Å². The zero-order chi connectivity index (χ0) is 8.69. The number of unbranched alkanes of at least 4 members (excludes halogenated alkanes) is 1. The molecule has 0 N–H and O–H groups in total. The Morgan fingerprint density at radius 2 is 2.00 bits per heavy atom. The average Bonchev–Trinajstić information content (AvgIpc) is 2.00. The summed E-state index contributed by atoms with van der Waals surface area (Å²) >= 11 is 0. The molecule has 0 aliphatic rings. The highest BCUT2D eigenvalue weighted by Gasteiger charge is 1.89. The molecule has 0 rings (SSSR count). The average molecular weight is 145 g/mol. The normalized spacial score (nSPS) is 13.4. The second kappa shape index (κ2) is 6.33. The first-order valence-electron chi connectivity index (χ1n) is 4.11. The lowest BCUT2D eigenvalue weighted by molar-refractivity contribution is 0.949. The van der Waals surface area contributed by atoms with E-state index in [9.17, 15) is 0 Å². The van der Waals surface area contributed by atoms with Gasteiger partial charge in [0.25, 0.3) is 0 Å². The highest BCUT2D eigenvalue weighted by atomic mass is 13.9. The Morgan fingerprint density at radius 1 is 1.36 bits per heavy atom. The highest BCUT2D eigenvalue weighted by molar-refractivity contribution is 6.92. The lowest BCUT2D eigenvalue weighted by Gasteiger charge is -1.99. The van der Waals surface area contributed by atoms with Gasteiger partial charge in [-0.25, -0.2) is 0 Å². The van der Waals surface area contributed by atoms with E-state index in [1.807, 2.05) is 5.98 Å². The van der Waals surface area contributed by atoms with Crippen molar-refractivity contribution >= 4 is 14.9 Å². The van der Waals surface area contributed by atoms with Gasteiger partial charge >= 0.3 is 0 Å². The van der Waals surface area contributed by atoms with E-state index in [1.165, 1.54) is 17.6 Å². The van der Waals surface area contributed by atoms with Crippen LogP contribution in [0.3, 0.4) is 0 Å². The molecule has 0 heterocycles. The lowest BCUT2D eigenvalue weighted by atomic mass is 9.55. The van der Waals surface area contributed by atoms with Crippen molar-refractivity contribution in [1.29, 1.82) is 0 Å². The van der Waals surface area contributed by atoms with Gasteiger partial charge in [-0.1, -0.05) is 30.6 Å². The molecule has 57 valence electrons. The van der Waals surface area contributed by atoms with Crippen LogP contribution in [0.5, 0.6) is 0 Å². The molecule has 0 saturated heterocycles. The van der Waals surface area contributed by atoms with Crippen molar-refractivity contribution in [2.24, 2.45) is 0 Å². The minimum Gasteiger partial charge on any atom is -0.130 e. The van der Waals surface area contributed by atoms with Crippen molar-refractivity contribution in [3.63, 3.8) is 0 Å². The SMILES string of the molecule is [B][B]/C=C(C)/C(C)=C/CCC. The van der Waals surface area contributed by atoms with Gasteiger partial charge in [-0.2, -0.15) is 0 Å². The van der Waals surface area contributed by atoms with Crippen LogP contribution >= 0.6 is 0 Å². The van der Waals surface area contributed by atoms with Gasteiger partial charge < -0.3 is 0 Å². The summed E-state index contributed by atoms with van der Waals surface area (Å²) in [4.78, 5) is 0. The van der Waals surface area contributed by atoms with E-state index >= 15 is 0 Å². The molecule has 11 heavy (non-hydrogen) atoms. The van der Waals surface area contributed by atoms with Gasteiger partial charge in [0, 0.05) is 7.74 Å². The molecule has 0 saturated carbocycles. The van der Waals surface area contributed by atoms with E-state index in [2.05, 4.69) is 26.8 Å². The Bertz CT molecular complexity index is 157. The van der Waals surface area contributed by atoms with Crippen LogP contribution in [0.25, 0.3) is 0 Å². The molecule has 0 bridgehead atoms. The van der Waals surface area contributed by atoms with E-state index in [0.29, 0.717) is 0 Å². The number of rotatable bonds is 4. The van der Waals surface area contributed by atoms with Crippen LogP contribution in [0.1, 0.15) is 33.6 Å². The molecule has 0 aromatic carbocycles. The quantitative estimate of drug-likeness (QED) is 0.420. The number of hydrogen-bond acceptors (Lipinski definition) is 0. The van der Waals surface area contributed by atoms with Gasteiger partial charge in [0.15, 0.2) is 0 Å². The third-order valence-electron chi connectivity index (χ3n) is 1.71. The zero-order valence-electron chi connectivity index (χ0n) is 7.72. The molecule has 0 nitrogen and oxygen atoms in total. The number of hydrogen-bond donors (Lipinski definition) is 0. The fourth-order valence-electron chi connectivity index (χ4n) is 0.798. The molecule has 0 aliphatic carbocycles. The van der Waals surface area contributed by atoms with Crippen molar-refractivity contribution in [1.82, 2.24) is 0 Å². The monoisotopic (exact) mass is 145 g/mol. The molecule has 0 aromatic heterocycles. The van der Waals surface area contributed by atoms with Gasteiger partial charge in [0.2, 0.25) is 0 Å². The standard InChI is InChI=1S/C9H15B2/c1-4-5-6-8(2)9(3)7-11-10/h6-7H,4-5H2,1-3H3/b8-6+,9-7+. The van der Waals surface area contributed by atoms with E-state index in [0.717, 1.165) is 6.42 Å². The van der Waals surface area contributed by atoms with Crippen LogP contribution in [0, 0.1) is 0 Å². The van der Waals surface area contributed by atoms with E-state index in [-0.39, 0.29) is 0 Å². The maximum atomic E-state index is 5.27. The smallest absolute Gasteiger partial charge is 0.0859 e. The summed E-state index contributed by atoms with van der Waals surface area (Å²) in [7, 11) is 6.85. The molecular formula is C9H15B2. The Hall–Kier alpha value is -0.390. The second-order valence-electron chi connectivity index (χ2n) is 2.72. The predicted octanol–water partition coefficient (Wildman–Crippen LogP) is 2.42. The topological polar surface area (TPSA) is 0 Å².